The summed E-state index contributed by atoms with van der Waals surface area (Å²) in [4.78, 5) is 0. The molecule has 2 nitrogen and oxygen atoms in total. The Morgan fingerprint density at radius 3 is 2.24 bits per heavy atom. The molecule has 29 heavy (non-hydrogen) atoms. The van der Waals surface area contributed by atoms with Gasteiger partial charge in [0, 0.05) is 22.2 Å². The van der Waals surface area contributed by atoms with Crippen LogP contribution in [0.2, 0.25) is 5.02 Å². The van der Waals surface area contributed by atoms with Gasteiger partial charge in [-0.3, -0.25) is 0 Å². The van der Waals surface area contributed by atoms with Gasteiger partial charge in [0.2, 0.25) is 0 Å². The molecule has 1 atom stereocenters. The van der Waals surface area contributed by atoms with Crippen molar-refractivity contribution in [3.8, 4) is 11.5 Å². The molecule has 0 amide bonds. The van der Waals surface area contributed by atoms with Gasteiger partial charge in [-0.05, 0) is 32.1 Å². The topological polar surface area (TPSA) is 18.5 Å². The zero-order valence-corrected chi connectivity index (χ0v) is 19.5. The molecular formula is C25H36Cl2O2. The van der Waals surface area contributed by atoms with Crippen molar-refractivity contribution in [2.24, 2.45) is 0 Å². The van der Waals surface area contributed by atoms with E-state index in [0.29, 0.717) is 18.2 Å². The number of benzene rings is 2. The fourth-order valence-corrected chi connectivity index (χ4v) is 3.87. The minimum Gasteiger partial charge on any atom is -0.493 e. The third kappa shape index (κ3) is 8.26. The summed E-state index contributed by atoms with van der Waals surface area (Å²) in [6.07, 6.45) is 11.6. The molecular weight excluding hydrogens is 403 g/mol. The van der Waals surface area contributed by atoms with Crippen LogP contribution in [0.15, 0.2) is 30.3 Å². The molecule has 0 aliphatic carbocycles. The number of unbranched alkanes of at least 4 members (excludes halogenated alkanes) is 6. The number of hydrogen-bond donors (Lipinski definition) is 0. The number of rotatable bonds is 15. The molecule has 0 N–H and O–H groups in total. The number of halogens is 2. The highest BCUT2D eigenvalue weighted by molar-refractivity contribution is 6.33. The summed E-state index contributed by atoms with van der Waals surface area (Å²) in [7, 11) is 0. The molecule has 0 spiro atoms. The Morgan fingerprint density at radius 2 is 1.48 bits per heavy atom. The van der Waals surface area contributed by atoms with E-state index in [0.717, 1.165) is 54.4 Å². The molecule has 0 heterocycles. The summed E-state index contributed by atoms with van der Waals surface area (Å²) >= 11 is 12.8. The molecule has 0 aromatic heterocycles. The van der Waals surface area contributed by atoms with Crippen LogP contribution in [0.25, 0.3) is 10.8 Å². The molecule has 162 valence electrons. The fourth-order valence-electron chi connectivity index (χ4n) is 3.46. The average Bonchev–Trinajstić information content (AvgIpc) is 2.74. The summed E-state index contributed by atoms with van der Waals surface area (Å²) in [5.41, 5.74) is 0. The van der Waals surface area contributed by atoms with E-state index in [9.17, 15) is 0 Å². The summed E-state index contributed by atoms with van der Waals surface area (Å²) < 4.78 is 12.2. The van der Waals surface area contributed by atoms with E-state index in [-0.39, 0.29) is 5.38 Å². The van der Waals surface area contributed by atoms with Crippen LogP contribution in [-0.4, -0.2) is 18.6 Å². The average molecular weight is 439 g/mol. The molecule has 0 saturated heterocycles. The van der Waals surface area contributed by atoms with Crippen LogP contribution in [0.4, 0.5) is 0 Å². The number of alkyl halides is 1. The second kappa shape index (κ2) is 14.0. The SMILES string of the molecule is CCCCCCCCOc1c(Cl)cc(OCCCCC(Cl)CC)c2ccccc12. The molecule has 0 radical (unpaired) electrons. The van der Waals surface area contributed by atoms with Gasteiger partial charge in [-0.1, -0.05) is 81.8 Å². The smallest absolute Gasteiger partial charge is 0.145 e. The van der Waals surface area contributed by atoms with E-state index in [1.54, 1.807) is 0 Å². The maximum atomic E-state index is 6.57. The van der Waals surface area contributed by atoms with Crippen LogP contribution in [0, 0.1) is 0 Å². The Bertz CT molecular complexity index is 717. The number of ether oxygens (including phenoxy) is 2. The van der Waals surface area contributed by atoms with Gasteiger partial charge in [-0.25, -0.2) is 0 Å². The van der Waals surface area contributed by atoms with E-state index in [2.05, 4.69) is 26.0 Å². The van der Waals surface area contributed by atoms with E-state index in [1.165, 1.54) is 32.1 Å². The molecule has 0 aliphatic heterocycles. The van der Waals surface area contributed by atoms with Crippen molar-refractivity contribution in [2.75, 3.05) is 13.2 Å². The van der Waals surface area contributed by atoms with Crippen LogP contribution in [0.5, 0.6) is 11.5 Å². The quantitative estimate of drug-likeness (QED) is 0.204. The maximum Gasteiger partial charge on any atom is 0.145 e. The van der Waals surface area contributed by atoms with Gasteiger partial charge in [0.15, 0.2) is 0 Å². The number of fused-ring (bicyclic) bond motifs is 1. The van der Waals surface area contributed by atoms with Gasteiger partial charge >= 0.3 is 0 Å². The molecule has 2 aromatic rings. The minimum atomic E-state index is 0.272. The summed E-state index contributed by atoms with van der Waals surface area (Å²) in [5, 5.41) is 2.97. The lowest BCUT2D eigenvalue weighted by molar-refractivity contribution is 0.301. The van der Waals surface area contributed by atoms with Gasteiger partial charge in [-0.2, -0.15) is 0 Å². The van der Waals surface area contributed by atoms with Crippen molar-refractivity contribution in [1.29, 1.82) is 0 Å². The van der Waals surface area contributed by atoms with Crippen molar-refractivity contribution in [3.05, 3.63) is 35.4 Å². The van der Waals surface area contributed by atoms with Crippen molar-refractivity contribution in [3.63, 3.8) is 0 Å². The van der Waals surface area contributed by atoms with Crippen LogP contribution in [0.1, 0.15) is 78.1 Å². The van der Waals surface area contributed by atoms with Crippen LogP contribution >= 0.6 is 23.2 Å². The summed E-state index contributed by atoms with van der Waals surface area (Å²) in [6, 6.07) is 10.1. The highest BCUT2D eigenvalue weighted by Gasteiger charge is 2.13. The number of hydrogen-bond acceptors (Lipinski definition) is 2. The van der Waals surface area contributed by atoms with Crippen molar-refractivity contribution >= 4 is 34.0 Å². The third-order valence-electron chi connectivity index (χ3n) is 5.27. The van der Waals surface area contributed by atoms with Gasteiger partial charge in [0.25, 0.3) is 0 Å². The molecule has 0 aliphatic rings. The summed E-state index contributed by atoms with van der Waals surface area (Å²) in [6.45, 7) is 5.74. The highest BCUT2D eigenvalue weighted by Crippen LogP contribution is 2.39. The Hall–Kier alpha value is -1.12. The molecule has 4 heteroatoms. The van der Waals surface area contributed by atoms with Gasteiger partial charge in [-0.15, -0.1) is 11.6 Å². The molecule has 2 aromatic carbocycles. The van der Waals surface area contributed by atoms with E-state index in [1.807, 2.05) is 18.2 Å². The fraction of sp³-hybridized carbons (Fsp3) is 0.600. The Labute approximate surface area is 186 Å². The molecule has 0 bridgehead atoms. The first kappa shape index (κ1) is 24.2. The van der Waals surface area contributed by atoms with Gasteiger partial charge in [0.05, 0.1) is 18.2 Å². The zero-order valence-electron chi connectivity index (χ0n) is 18.0. The predicted octanol–water partition coefficient (Wildman–Crippen LogP) is 8.80. The zero-order chi connectivity index (χ0) is 20.9. The highest BCUT2D eigenvalue weighted by atomic mass is 35.5. The van der Waals surface area contributed by atoms with E-state index >= 15 is 0 Å². The third-order valence-corrected chi connectivity index (χ3v) is 6.08. The Kier molecular flexibility index (Phi) is 11.6. The lowest BCUT2D eigenvalue weighted by Crippen LogP contribution is -2.02. The van der Waals surface area contributed by atoms with Crippen LogP contribution < -0.4 is 9.47 Å². The first-order valence-electron chi connectivity index (χ1n) is 11.3. The largest absolute Gasteiger partial charge is 0.493 e. The lowest BCUT2D eigenvalue weighted by Gasteiger charge is -2.15. The maximum absolute atomic E-state index is 6.57. The second-order valence-corrected chi connectivity index (χ2v) is 8.72. The van der Waals surface area contributed by atoms with Gasteiger partial charge in [0.1, 0.15) is 11.5 Å². The normalized spacial score (nSPS) is 12.3. The minimum absolute atomic E-state index is 0.272. The standard InChI is InChI=1S/C25H36Cl2O2/c1-3-5-6-7-8-12-18-29-25-22-16-10-9-15-21(22)24(19-23(25)27)28-17-13-11-14-20(26)4-2/h9-10,15-16,19-20H,3-8,11-14,17-18H2,1-2H3. The predicted molar refractivity (Wildman–Crippen MR) is 127 cm³/mol. The monoisotopic (exact) mass is 438 g/mol. The van der Waals surface area contributed by atoms with Crippen molar-refractivity contribution in [1.82, 2.24) is 0 Å². The molecule has 0 saturated carbocycles. The molecule has 0 fully saturated rings. The molecule has 1 unspecified atom stereocenters. The van der Waals surface area contributed by atoms with Crippen molar-refractivity contribution in [2.45, 2.75) is 83.4 Å². The van der Waals surface area contributed by atoms with Gasteiger partial charge < -0.3 is 9.47 Å². The van der Waals surface area contributed by atoms with Crippen LogP contribution in [0.3, 0.4) is 0 Å². The first-order valence-corrected chi connectivity index (χ1v) is 12.1. The van der Waals surface area contributed by atoms with Crippen LogP contribution in [-0.2, 0) is 0 Å². The molecule has 2 rings (SSSR count). The second-order valence-electron chi connectivity index (χ2n) is 7.70. The summed E-state index contributed by atoms with van der Waals surface area (Å²) in [5.74, 6) is 1.60. The first-order chi connectivity index (χ1) is 14.2. The Balaban J connectivity index is 1.93. The van der Waals surface area contributed by atoms with E-state index < -0.39 is 0 Å². The van der Waals surface area contributed by atoms with Crippen molar-refractivity contribution < 1.29 is 9.47 Å². The lowest BCUT2D eigenvalue weighted by atomic mass is 10.1. The Morgan fingerprint density at radius 1 is 0.828 bits per heavy atom. The van der Waals surface area contributed by atoms with E-state index in [4.69, 9.17) is 32.7 Å².